The molecule has 2 fully saturated rings. The zero-order valence-electron chi connectivity index (χ0n) is 26.1. The van der Waals surface area contributed by atoms with Crippen LogP contribution >= 0.6 is 0 Å². The Bertz CT molecular complexity index is 1300. The number of amides is 4. The van der Waals surface area contributed by atoms with Gasteiger partial charge in [-0.15, -0.1) is 0 Å². The van der Waals surface area contributed by atoms with E-state index in [1.807, 2.05) is 14.0 Å². The third kappa shape index (κ3) is 8.64. The quantitative estimate of drug-likeness (QED) is 0.316. The number of benzene rings is 1. The lowest BCUT2D eigenvalue weighted by atomic mass is 9.79. The predicted octanol–water partition coefficient (Wildman–Crippen LogP) is 3.42. The monoisotopic (exact) mass is 611 g/mol. The van der Waals surface area contributed by atoms with Gasteiger partial charge in [-0.3, -0.25) is 19.2 Å². The van der Waals surface area contributed by atoms with Crippen LogP contribution in [0.5, 0.6) is 0 Å². The Hall–Kier alpha value is -3.80. The summed E-state index contributed by atoms with van der Waals surface area (Å²) < 4.78 is 17.1. The molecule has 2 atom stereocenters. The van der Waals surface area contributed by atoms with Crippen molar-refractivity contribution in [3.8, 4) is 0 Å². The molecule has 44 heavy (non-hydrogen) atoms. The van der Waals surface area contributed by atoms with Crippen LogP contribution in [-0.2, 0) is 32.1 Å². The van der Waals surface area contributed by atoms with Gasteiger partial charge in [-0.05, 0) is 49.9 Å². The molecule has 2 aromatic rings. The van der Waals surface area contributed by atoms with Gasteiger partial charge >= 0.3 is 0 Å². The summed E-state index contributed by atoms with van der Waals surface area (Å²) in [5.74, 6) is -2.73. The Morgan fingerprint density at radius 3 is 2.34 bits per heavy atom. The third-order valence-corrected chi connectivity index (χ3v) is 8.59. The zero-order valence-corrected chi connectivity index (χ0v) is 26.1. The normalized spacial score (nSPS) is 17.5. The van der Waals surface area contributed by atoms with Crippen LogP contribution in [0.25, 0.3) is 0 Å². The average Bonchev–Trinajstić information content (AvgIpc) is 3.45. The van der Waals surface area contributed by atoms with Crippen molar-refractivity contribution < 1.29 is 23.6 Å². The van der Waals surface area contributed by atoms with Gasteiger partial charge < -0.3 is 25.8 Å². The molecule has 0 bridgehead atoms. The second kappa shape index (κ2) is 15.8. The molecule has 1 aliphatic carbocycles. The van der Waals surface area contributed by atoms with Crippen LogP contribution < -0.4 is 16.0 Å². The number of halogens is 1. The number of likely N-dealkylation sites (N-methyl/N-ethyl adjacent to an activating group) is 1. The van der Waals surface area contributed by atoms with Crippen LogP contribution in [0, 0.1) is 17.7 Å². The Kier molecular flexibility index (Phi) is 11.9. The van der Waals surface area contributed by atoms with Gasteiger partial charge in [0.25, 0.3) is 0 Å². The molecule has 1 aliphatic heterocycles. The Morgan fingerprint density at radius 1 is 0.977 bits per heavy atom. The molecule has 12 heteroatoms. The van der Waals surface area contributed by atoms with E-state index in [2.05, 4.69) is 25.9 Å². The first-order chi connectivity index (χ1) is 21.2. The van der Waals surface area contributed by atoms with Crippen molar-refractivity contribution in [3.63, 3.8) is 0 Å². The minimum Gasteiger partial charge on any atom is -0.344 e. The average molecular weight is 612 g/mol. The minimum atomic E-state index is -0.991. The van der Waals surface area contributed by atoms with Crippen LogP contribution in [0.15, 0.2) is 30.5 Å². The number of piperazine rings is 1. The van der Waals surface area contributed by atoms with Crippen molar-refractivity contribution in [3.05, 3.63) is 41.8 Å². The molecule has 0 unspecified atom stereocenters. The van der Waals surface area contributed by atoms with Gasteiger partial charge in [-0.1, -0.05) is 39.2 Å². The maximum absolute atomic E-state index is 15.4. The highest BCUT2D eigenvalue weighted by Crippen LogP contribution is 2.32. The Balaban J connectivity index is 1.48. The van der Waals surface area contributed by atoms with Crippen LogP contribution in [0.4, 0.5) is 15.9 Å². The smallest absolute Gasteiger partial charge is 0.245 e. The van der Waals surface area contributed by atoms with Gasteiger partial charge in [-0.25, -0.2) is 9.07 Å². The van der Waals surface area contributed by atoms with Gasteiger partial charge in [-0.2, -0.15) is 5.10 Å². The highest BCUT2D eigenvalue weighted by Gasteiger charge is 2.36. The van der Waals surface area contributed by atoms with Crippen molar-refractivity contribution in [1.82, 2.24) is 24.9 Å². The van der Waals surface area contributed by atoms with Crippen molar-refractivity contribution in [2.75, 3.05) is 43.9 Å². The van der Waals surface area contributed by atoms with E-state index in [4.69, 9.17) is 0 Å². The molecular formula is C32H46FN7O4. The summed E-state index contributed by atoms with van der Waals surface area (Å²) in [6, 6.07) is 5.24. The van der Waals surface area contributed by atoms with E-state index in [-0.39, 0.29) is 36.3 Å². The van der Waals surface area contributed by atoms with Gasteiger partial charge in [0.2, 0.25) is 23.6 Å². The highest BCUT2D eigenvalue weighted by molar-refractivity contribution is 6.10. The number of nitrogens with zero attached hydrogens (tertiary/aromatic N) is 4. The molecule has 1 saturated heterocycles. The van der Waals surface area contributed by atoms with Crippen molar-refractivity contribution in [1.29, 1.82) is 0 Å². The van der Waals surface area contributed by atoms with Crippen molar-refractivity contribution in [2.45, 2.75) is 77.8 Å². The van der Waals surface area contributed by atoms with Crippen molar-refractivity contribution in [2.24, 2.45) is 11.8 Å². The first-order valence-corrected chi connectivity index (χ1v) is 15.9. The van der Waals surface area contributed by atoms with Crippen LogP contribution in [0.1, 0.15) is 64.4 Å². The standard InChI is InChI=1S/C32H46FN7O4/c1-4-15-40-27(13-14-34-40)37-31(43)29(23-9-7-6-8-10-23)30(42)36-25-12-11-22(20-24(25)33)21-26(35-28(41)5-2)32(44)39-18-16-38(3)17-19-39/h11-14,20,23,26,29H,4-10,15-19,21H2,1-3H3,(H,35,41)(H,36,42)(H,37,43)/t26-,29+/m1/s1. The number of carbonyl (C=O) groups is 4. The summed E-state index contributed by atoms with van der Waals surface area (Å²) >= 11 is 0. The lowest BCUT2D eigenvalue weighted by molar-refractivity contribution is -0.137. The molecular weight excluding hydrogens is 565 g/mol. The fourth-order valence-corrected chi connectivity index (χ4v) is 6.02. The maximum atomic E-state index is 15.4. The third-order valence-electron chi connectivity index (χ3n) is 8.59. The summed E-state index contributed by atoms with van der Waals surface area (Å²) in [5, 5.41) is 12.6. The minimum absolute atomic E-state index is 0.0390. The van der Waals surface area contributed by atoms with E-state index in [0.717, 1.165) is 51.6 Å². The van der Waals surface area contributed by atoms with E-state index in [1.165, 1.54) is 12.1 Å². The molecule has 11 nitrogen and oxygen atoms in total. The lowest BCUT2D eigenvalue weighted by Crippen LogP contribution is -2.54. The van der Waals surface area contributed by atoms with Crippen LogP contribution in [0.2, 0.25) is 0 Å². The van der Waals surface area contributed by atoms with Crippen LogP contribution in [-0.4, -0.2) is 82.5 Å². The number of aryl methyl sites for hydroxylation is 1. The maximum Gasteiger partial charge on any atom is 0.245 e. The summed E-state index contributed by atoms with van der Waals surface area (Å²) in [6.07, 6.45) is 7.19. The Morgan fingerprint density at radius 2 is 1.68 bits per heavy atom. The molecule has 0 radical (unpaired) electrons. The number of carbonyl (C=O) groups excluding carboxylic acids is 4. The van der Waals surface area contributed by atoms with Gasteiger partial charge in [0.05, 0.1) is 11.9 Å². The van der Waals surface area contributed by atoms with E-state index in [9.17, 15) is 19.2 Å². The molecule has 4 rings (SSSR count). The lowest BCUT2D eigenvalue weighted by Gasteiger charge is -2.34. The fraction of sp³-hybridized carbons (Fsp3) is 0.594. The fourth-order valence-electron chi connectivity index (χ4n) is 6.02. The van der Waals surface area contributed by atoms with E-state index in [0.29, 0.717) is 31.0 Å². The van der Waals surface area contributed by atoms with E-state index >= 15 is 4.39 Å². The molecule has 3 N–H and O–H groups in total. The highest BCUT2D eigenvalue weighted by atomic mass is 19.1. The molecule has 2 aliphatic rings. The number of hydrogen-bond acceptors (Lipinski definition) is 6. The summed E-state index contributed by atoms with van der Waals surface area (Å²) in [5.41, 5.74) is 0.470. The largest absolute Gasteiger partial charge is 0.344 e. The topological polar surface area (TPSA) is 129 Å². The zero-order chi connectivity index (χ0) is 31.6. The number of rotatable bonds is 12. The van der Waals surface area contributed by atoms with Gasteiger partial charge in [0.15, 0.2) is 0 Å². The molecule has 1 aromatic heterocycles. The molecule has 1 aromatic carbocycles. The molecule has 4 amide bonds. The molecule has 2 heterocycles. The summed E-state index contributed by atoms with van der Waals surface area (Å²) in [6.45, 7) is 6.96. The molecule has 0 spiro atoms. The predicted molar refractivity (Wildman–Crippen MR) is 166 cm³/mol. The Labute approximate surface area is 258 Å². The van der Waals surface area contributed by atoms with Crippen LogP contribution in [0.3, 0.4) is 0 Å². The number of hydrogen-bond donors (Lipinski definition) is 3. The van der Waals surface area contributed by atoms with E-state index in [1.54, 1.807) is 34.8 Å². The SMILES string of the molecule is CCCn1nccc1NC(=O)[C@H](C(=O)Nc1ccc(C[C@@H](NC(=O)CC)C(=O)N2CCN(C)CC2)cc1F)C1CCCCC1. The van der Waals surface area contributed by atoms with Gasteiger partial charge in [0, 0.05) is 51.6 Å². The number of aromatic nitrogens is 2. The summed E-state index contributed by atoms with van der Waals surface area (Å²) in [4.78, 5) is 56.5. The summed E-state index contributed by atoms with van der Waals surface area (Å²) in [7, 11) is 1.99. The number of nitrogens with one attached hydrogen (secondary N) is 3. The van der Waals surface area contributed by atoms with Gasteiger partial charge in [0.1, 0.15) is 23.6 Å². The van der Waals surface area contributed by atoms with Crippen molar-refractivity contribution >= 4 is 35.1 Å². The molecule has 240 valence electrons. The molecule has 1 saturated carbocycles. The second-order valence-electron chi connectivity index (χ2n) is 11.9. The second-order valence-corrected chi connectivity index (χ2v) is 11.9. The first-order valence-electron chi connectivity index (χ1n) is 15.9. The first kappa shape index (κ1) is 33.1. The number of anilines is 2. The van der Waals surface area contributed by atoms with E-state index < -0.39 is 29.6 Å².